The molecular formula is C18H36N2. The maximum Gasteiger partial charge on any atom is 0.0704 e. The van der Waals surface area contributed by atoms with Crippen LogP contribution in [0.25, 0.3) is 0 Å². The summed E-state index contributed by atoms with van der Waals surface area (Å²) in [6.45, 7) is 9.39. The van der Waals surface area contributed by atoms with Crippen molar-refractivity contribution in [2.24, 2.45) is 0 Å². The van der Waals surface area contributed by atoms with E-state index < -0.39 is 0 Å². The number of hydrogen-bond donors (Lipinski definition) is 0. The van der Waals surface area contributed by atoms with Gasteiger partial charge in [0.25, 0.3) is 0 Å². The lowest BCUT2D eigenvalue weighted by molar-refractivity contribution is 0.164. The zero-order valence-electron chi connectivity index (χ0n) is 13.9. The summed E-state index contributed by atoms with van der Waals surface area (Å²) in [4.78, 5) is 5.09. The SMILES string of the molecule is CCCCCCCCN1CC=CN(CCCCCC)C1. The van der Waals surface area contributed by atoms with Crippen molar-refractivity contribution in [3.8, 4) is 0 Å². The van der Waals surface area contributed by atoms with E-state index in [2.05, 4.69) is 35.9 Å². The third kappa shape index (κ3) is 8.63. The summed E-state index contributed by atoms with van der Waals surface area (Å²) >= 11 is 0. The lowest BCUT2D eigenvalue weighted by Crippen LogP contribution is -2.39. The first-order chi connectivity index (χ1) is 9.86. The van der Waals surface area contributed by atoms with Crippen LogP contribution in [-0.4, -0.2) is 36.1 Å². The number of nitrogens with zero attached hydrogens (tertiary/aromatic N) is 2. The van der Waals surface area contributed by atoms with Gasteiger partial charge in [-0.2, -0.15) is 0 Å². The van der Waals surface area contributed by atoms with Gasteiger partial charge in [-0.05, 0) is 19.0 Å². The molecule has 0 saturated heterocycles. The predicted molar refractivity (Wildman–Crippen MR) is 89.8 cm³/mol. The molecule has 0 fully saturated rings. The fraction of sp³-hybridized carbons (Fsp3) is 0.889. The van der Waals surface area contributed by atoms with Gasteiger partial charge in [-0.3, -0.25) is 4.90 Å². The maximum atomic E-state index is 2.60. The second-order valence-corrected chi connectivity index (χ2v) is 6.24. The molecule has 20 heavy (non-hydrogen) atoms. The second kappa shape index (κ2) is 12.3. The third-order valence-electron chi connectivity index (χ3n) is 4.19. The van der Waals surface area contributed by atoms with Crippen molar-refractivity contribution in [1.29, 1.82) is 0 Å². The molecule has 0 atom stereocenters. The standard InChI is InChI=1S/C18H36N2/c1-3-5-7-9-10-12-15-20-17-13-16-19(18-20)14-11-8-6-4-2/h13,16H,3-12,14-15,17-18H2,1-2H3. The van der Waals surface area contributed by atoms with Gasteiger partial charge in [0, 0.05) is 19.6 Å². The summed E-state index contributed by atoms with van der Waals surface area (Å²) in [6.07, 6.45) is 18.5. The van der Waals surface area contributed by atoms with Gasteiger partial charge >= 0.3 is 0 Å². The lowest BCUT2D eigenvalue weighted by atomic mass is 10.1. The molecule has 0 amide bonds. The molecule has 0 unspecified atom stereocenters. The van der Waals surface area contributed by atoms with E-state index >= 15 is 0 Å². The van der Waals surface area contributed by atoms with Crippen molar-refractivity contribution in [3.63, 3.8) is 0 Å². The molecule has 0 aromatic rings. The zero-order chi connectivity index (χ0) is 14.5. The highest BCUT2D eigenvalue weighted by Crippen LogP contribution is 2.10. The Morgan fingerprint density at radius 1 is 0.750 bits per heavy atom. The number of unbranched alkanes of at least 4 members (excludes halogenated alkanes) is 8. The Kier molecular flexibility index (Phi) is 10.8. The quantitative estimate of drug-likeness (QED) is 0.463. The molecule has 0 aliphatic carbocycles. The molecule has 1 aliphatic rings. The summed E-state index contributed by atoms with van der Waals surface area (Å²) in [5.41, 5.74) is 0. The van der Waals surface area contributed by atoms with Crippen molar-refractivity contribution >= 4 is 0 Å². The monoisotopic (exact) mass is 280 g/mol. The smallest absolute Gasteiger partial charge is 0.0704 e. The first-order valence-corrected chi connectivity index (χ1v) is 9.00. The van der Waals surface area contributed by atoms with Crippen LogP contribution >= 0.6 is 0 Å². The van der Waals surface area contributed by atoms with Crippen LogP contribution in [0.2, 0.25) is 0 Å². The molecule has 118 valence electrons. The first kappa shape index (κ1) is 17.6. The highest BCUT2D eigenvalue weighted by molar-refractivity contribution is 4.90. The van der Waals surface area contributed by atoms with Crippen LogP contribution in [0.15, 0.2) is 12.3 Å². The Morgan fingerprint density at radius 2 is 1.35 bits per heavy atom. The average molecular weight is 280 g/mol. The molecule has 2 heteroatoms. The summed E-state index contributed by atoms with van der Waals surface area (Å²) in [6, 6.07) is 0. The maximum absolute atomic E-state index is 2.60. The molecule has 2 nitrogen and oxygen atoms in total. The van der Waals surface area contributed by atoms with E-state index in [1.165, 1.54) is 77.3 Å². The minimum Gasteiger partial charge on any atom is -0.365 e. The van der Waals surface area contributed by atoms with Gasteiger partial charge in [-0.15, -0.1) is 0 Å². The van der Waals surface area contributed by atoms with Gasteiger partial charge in [0.2, 0.25) is 0 Å². The normalized spacial score (nSPS) is 16.0. The van der Waals surface area contributed by atoms with E-state index in [9.17, 15) is 0 Å². The molecule has 0 N–H and O–H groups in total. The summed E-state index contributed by atoms with van der Waals surface area (Å²) < 4.78 is 0. The fourth-order valence-corrected chi connectivity index (χ4v) is 2.87. The van der Waals surface area contributed by atoms with E-state index in [0.29, 0.717) is 0 Å². The van der Waals surface area contributed by atoms with Crippen molar-refractivity contribution in [2.45, 2.75) is 78.1 Å². The highest BCUT2D eigenvalue weighted by Gasteiger charge is 2.11. The van der Waals surface area contributed by atoms with Crippen LogP contribution < -0.4 is 0 Å². The molecule has 1 aliphatic heterocycles. The molecule has 0 spiro atoms. The second-order valence-electron chi connectivity index (χ2n) is 6.24. The van der Waals surface area contributed by atoms with Crippen molar-refractivity contribution in [1.82, 2.24) is 9.80 Å². The Labute approximate surface area is 127 Å². The molecular weight excluding hydrogens is 244 g/mol. The molecule has 1 heterocycles. The van der Waals surface area contributed by atoms with E-state index in [1.807, 2.05) is 0 Å². The van der Waals surface area contributed by atoms with Gasteiger partial charge in [-0.25, -0.2) is 0 Å². The minimum absolute atomic E-state index is 1.15. The molecule has 0 aromatic carbocycles. The van der Waals surface area contributed by atoms with Gasteiger partial charge in [0.15, 0.2) is 0 Å². The Balaban J connectivity index is 2.02. The Morgan fingerprint density at radius 3 is 2.10 bits per heavy atom. The van der Waals surface area contributed by atoms with Crippen molar-refractivity contribution < 1.29 is 0 Å². The lowest BCUT2D eigenvalue weighted by Gasteiger charge is -2.32. The van der Waals surface area contributed by atoms with E-state index in [-0.39, 0.29) is 0 Å². The minimum atomic E-state index is 1.15. The summed E-state index contributed by atoms with van der Waals surface area (Å²) in [5, 5.41) is 0. The van der Waals surface area contributed by atoms with Crippen LogP contribution in [0, 0.1) is 0 Å². The van der Waals surface area contributed by atoms with Crippen molar-refractivity contribution in [2.75, 3.05) is 26.3 Å². The van der Waals surface area contributed by atoms with Crippen molar-refractivity contribution in [3.05, 3.63) is 12.3 Å². The van der Waals surface area contributed by atoms with Crippen LogP contribution in [0.5, 0.6) is 0 Å². The fourth-order valence-electron chi connectivity index (χ4n) is 2.87. The summed E-state index contributed by atoms with van der Waals surface area (Å²) in [7, 11) is 0. The highest BCUT2D eigenvalue weighted by atomic mass is 15.3. The van der Waals surface area contributed by atoms with Gasteiger partial charge in [0.1, 0.15) is 0 Å². The Bertz CT molecular complexity index is 238. The largest absolute Gasteiger partial charge is 0.365 e. The molecule has 0 radical (unpaired) electrons. The number of rotatable bonds is 12. The molecule has 0 aromatic heterocycles. The van der Waals surface area contributed by atoms with Gasteiger partial charge in [-0.1, -0.05) is 71.3 Å². The van der Waals surface area contributed by atoms with Crippen LogP contribution in [0.1, 0.15) is 78.1 Å². The number of hydrogen-bond acceptors (Lipinski definition) is 2. The van der Waals surface area contributed by atoms with Gasteiger partial charge in [0.05, 0.1) is 6.67 Å². The van der Waals surface area contributed by atoms with Crippen LogP contribution in [0.3, 0.4) is 0 Å². The third-order valence-corrected chi connectivity index (χ3v) is 4.19. The first-order valence-electron chi connectivity index (χ1n) is 9.00. The molecule has 0 bridgehead atoms. The van der Waals surface area contributed by atoms with Crippen LogP contribution in [-0.2, 0) is 0 Å². The van der Waals surface area contributed by atoms with Gasteiger partial charge < -0.3 is 4.90 Å². The van der Waals surface area contributed by atoms with Crippen LogP contribution in [0.4, 0.5) is 0 Å². The van der Waals surface area contributed by atoms with E-state index in [0.717, 1.165) is 13.2 Å². The van der Waals surface area contributed by atoms with E-state index in [1.54, 1.807) is 0 Å². The average Bonchev–Trinajstić information content (AvgIpc) is 2.48. The predicted octanol–water partition coefficient (Wildman–Crippen LogP) is 5.02. The Hall–Kier alpha value is -0.500. The topological polar surface area (TPSA) is 6.48 Å². The molecule has 0 saturated carbocycles. The molecule has 1 rings (SSSR count). The zero-order valence-corrected chi connectivity index (χ0v) is 13.9. The summed E-state index contributed by atoms with van der Waals surface area (Å²) in [5.74, 6) is 0. The van der Waals surface area contributed by atoms with E-state index in [4.69, 9.17) is 0 Å².